The average molecular weight is 522 g/mol. The van der Waals surface area contributed by atoms with Crippen molar-refractivity contribution in [1.29, 1.82) is 0 Å². The molecule has 0 saturated heterocycles. The number of ether oxygens (including phenoxy) is 2. The highest BCUT2D eigenvalue weighted by atomic mass is 35.5. The number of nitrogens with zero attached hydrogens (tertiary/aromatic N) is 7. The molecule has 0 fully saturated rings. The van der Waals surface area contributed by atoms with Gasteiger partial charge in [0.15, 0.2) is 11.5 Å². The molecule has 1 aliphatic heterocycles. The fraction of sp³-hybridized carbons (Fsp3) is 0.107. The summed E-state index contributed by atoms with van der Waals surface area (Å²) in [4.78, 5) is 13.8. The van der Waals surface area contributed by atoms with Crippen LogP contribution in [0, 0.1) is 6.92 Å². The topological polar surface area (TPSA) is 92.2 Å². The second-order valence-electron chi connectivity index (χ2n) is 8.88. The fourth-order valence-corrected chi connectivity index (χ4v) is 5.09. The minimum absolute atomic E-state index is 0.326. The zero-order valence-electron chi connectivity index (χ0n) is 20.4. The van der Waals surface area contributed by atoms with Gasteiger partial charge in [-0.25, -0.2) is 19.2 Å². The normalized spacial score (nSPS) is 14.1. The molecule has 9 nitrogen and oxygen atoms in total. The molecule has 0 aliphatic carbocycles. The van der Waals surface area contributed by atoms with Crippen LogP contribution in [-0.4, -0.2) is 41.5 Å². The quantitative estimate of drug-likeness (QED) is 0.296. The highest BCUT2D eigenvalue weighted by Crippen LogP contribution is 2.51. The summed E-state index contributed by atoms with van der Waals surface area (Å²) in [6.07, 6.45) is 5.07. The molecule has 186 valence electrons. The van der Waals surface area contributed by atoms with Gasteiger partial charge < -0.3 is 9.47 Å². The third-order valence-corrected chi connectivity index (χ3v) is 6.91. The van der Waals surface area contributed by atoms with Crippen LogP contribution in [0.1, 0.15) is 28.3 Å². The van der Waals surface area contributed by atoms with E-state index in [0.717, 1.165) is 39.4 Å². The van der Waals surface area contributed by atoms with Crippen molar-refractivity contribution < 1.29 is 9.47 Å². The van der Waals surface area contributed by atoms with Crippen LogP contribution in [0.2, 0.25) is 5.02 Å². The highest BCUT2D eigenvalue weighted by molar-refractivity contribution is 6.30. The van der Waals surface area contributed by atoms with Crippen LogP contribution >= 0.6 is 11.6 Å². The van der Waals surface area contributed by atoms with E-state index in [1.807, 2.05) is 67.6 Å². The molecule has 4 aromatic heterocycles. The van der Waals surface area contributed by atoms with E-state index in [4.69, 9.17) is 31.2 Å². The first-order valence-corrected chi connectivity index (χ1v) is 12.3. The molecule has 38 heavy (non-hydrogen) atoms. The van der Waals surface area contributed by atoms with Crippen molar-refractivity contribution in [3.05, 3.63) is 107 Å². The standard InChI is InChI=1S/C28H20ClN7O2/c1-16-22-23(20-7-3-4-8-21(20)37-2)24-26-32-25(17-6-5-13-30-14-17)34-35(26)15-31-27(24)38-28(22)36(33-16)19-11-9-18(29)10-12-19/h3-15,23H,1-2H3/t23-/m0/s1. The monoisotopic (exact) mass is 521 g/mol. The molecule has 0 spiro atoms. The van der Waals surface area contributed by atoms with E-state index < -0.39 is 0 Å². The molecule has 6 aromatic rings. The van der Waals surface area contributed by atoms with Crippen LogP contribution < -0.4 is 9.47 Å². The summed E-state index contributed by atoms with van der Waals surface area (Å²) in [5.41, 5.74) is 5.70. The van der Waals surface area contributed by atoms with E-state index >= 15 is 0 Å². The minimum Gasteiger partial charge on any atom is -0.496 e. The van der Waals surface area contributed by atoms with Crippen molar-refractivity contribution in [1.82, 2.24) is 34.3 Å². The molecule has 2 aromatic carbocycles. The smallest absolute Gasteiger partial charge is 0.230 e. The second-order valence-corrected chi connectivity index (χ2v) is 9.31. The first kappa shape index (κ1) is 22.4. The highest BCUT2D eigenvalue weighted by Gasteiger charge is 2.39. The summed E-state index contributed by atoms with van der Waals surface area (Å²) >= 11 is 6.15. The number of para-hydroxylation sites is 1. The Bertz CT molecular complexity index is 1810. The number of aromatic nitrogens is 7. The molecule has 0 unspecified atom stereocenters. The Balaban J connectivity index is 1.51. The van der Waals surface area contributed by atoms with Gasteiger partial charge in [-0.3, -0.25) is 4.98 Å². The van der Waals surface area contributed by atoms with E-state index in [1.54, 1.807) is 35.0 Å². The van der Waals surface area contributed by atoms with Gasteiger partial charge in [0.2, 0.25) is 11.8 Å². The van der Waals surface area contributed by atoms with Crippen LogP contribution in [0.3, 0.4) is 0 Å². The van der Waals surface area contributed by atoms with Gasteiger partial charge in [0.05, 0.1) is 35.5 Å². The van der Waals surface area contributed by atoms with Crippen LogP contribution in [0.25, 0.3) is 22.7 Å². The molecule has 0 N–H and O–H groups in total. The van der Waals surface area contributed by atoms with E-state index in [0.29, 0.717) is 28.3 Å². The van der Waals surface area contributed by atoms with Gasteiger partial charge in [0.1, 0.15) is 12.1 Å². The van der Waals surface area contributed by atoms with Gasteiger partial charge in [0, 0.05) is 28.5 Å². The number of benzene rings is 2. The number of hydrogen-bond acceptors (Lipinski definition) is 7. The summed E-state index contributed by atoms with van der Waals surface area (Å²) in [7, 11) is 1.67. The Morgan fingerprint density at radius 1 is 0.974 bits per heavy atom. The first-order valence-electron chi connectivity index (χ1n) is 11.9. The summed E-state index contributed by atoms with van der Waals surface area (Å²) in [6.45, 7) is 1.97. The van der Waals surface area contributed by atoms with Crippen LogP contribution in [0.5, 0.6) is 17.5 Å². The van der Waals surface area contributed by atoms with E-state index in [-0.39, 0.29) is 5.92 Å². The predicted octanol–water partition coefficient (Wildman–Crippen LogP) is 5.63. The molecule has 0 bridgehead atoms. The molecule has 1 atom stereocenters. The lowest BCUT2D eigenvalue weighted by molar-refractivity contribution is 0.393. The molecule has 10 heteroatoms. The van der Waals surface area contributed by atoms with Crippen molar-refractivity contribution in [2.45, 2.75) is 12.8 Å². The van der Waals surface area contributed by atoms with Gasteiger partial charge in [-0.2, -0.15) is 5.10 Å². The number of fused-ring (bicyclic) bond motifs is 4. The number of methoxy groups -OCH3 is 1. The Labute approximate surface area is 222 Å². The molecule has 1 aliphatic rings. The number of halogens is 1. The maximum absolute atomic E-state index is 6.48. The molecule has 7 rings (SSSR count). The van der Waals surface area contributed by atoms with Gasteiger partial charge in [-0.05, 0) is 49.4 Å². The number of hydrogen-bond donors (Lipinski definition) is 0. The van der Waals surface area contributed by atoms with Crippen molar-refractivity contribution in [3.63, 3.8) is 0 Å². The average Bonchev–Trinajstić information content (AvgIpc) is 3.54. The number of aryl methyl sites for hydroxylation is 1. The Morgan fingerprint density at radius 2 is 1.82 bits per heavy atom. The van der Waals surface area contributed by atoms with Crippen molar-refractivity contribution in [2.75, 3.05) is 7.11 Å². The van der Waals surface area contributed by atoms with Crippen LogP contribution in [0.15, 0.2) is 79.4 Å². The molecule has 0 radical (unpaired) electrons. The van der Waals surface area contributed by atoms with E-state index in [1.165, 1.54) is 0 Å². The minimum atomic E-state index is -0.326. The largest absolute Gasteiger partial charge is 0.496 e. The molecular formula is C28H20ClN7O2. The Kier molecular flexibility index (Phi) is 5.12. The maximum Gasteiger partial charge on any atom is 0.230 e. The summed E-state index contributed by atoms with van der Waals surface area (Å²) in [5, 5.41) is 10.2. The fourth-order valence-electron chi connectivity index (χ4n) is 4.97. The summed E-state index contributed by atoms with van der Waals surface area (Å²) in [5.74, 6) is 1.97. The molecule has 0 amide bonds. The number of pyridine rings is 1. The maximum atomic E-state index is 6.48. The van der Waals surface area contributed by atoms with Crippen molar-refractivity contribution >= 4 is 17.2 Å². The Hall–Kier alpha value is -4.76. The third-order valence-electron chi connectivity index (χ3n) is 6.66. The molecular weight excluding hydrogens is 502 g/mol. The summed E-state index contributed by atoms with van der Waals surface area (Å²) in [6, 6.07) is 19.2. The predicted molar refractivity (Wildman–Crippen MR) is 141 cm³/mol. The lowest BCUT2D eigenvalue weighted by Gasteiger charge is -2.27. The van der Waals surface area contributed by atoms with Gasteiger partial charge in [-0.1, -0.05) is 29.8 Å². The molecule has 0 saturated carbocycles. The van der Waals surface area contributed by atoms with Crippen molar-refractivity contribution in [3.8, 4) is 34.6 Å². The Morgan fingerprint density at radius 3 is 2.61 bits per heavy atom. The van der Waals surface area contributed by atoms with Gasteiger partial charge in [0.25, 0.3) is 0 Å². The van der Waals surface area contributed by atoms with E-state index in [2.05, 4.69) is 15.1 Å². The van der Waals surface area contributed by atoms with Gasteiger partial charge >= 0.3 is 0 Å². The second kappa shape index (κ2) is 8.67. The zero-order chi connectivity index (χ0) is 25.8. The van der Waals surface area contributed by atoms with Crippen LogP contribution in [-0.2, 0) is 0 Å². The molecule has 5 heterocycles. The zero-order valence-corrected chi connectivity index (χ0v) is 21.2. The van der Waals surface area contributed by atoms with E-state index in [9.17, 15) is 0 Å². The lowest BCUT2D eigenvalue weighted by Crippen LogP contribution is -2.16. The SMILES string of the molecule is COc1ccccc1[C@H]1c2c(C)nn(-c3ccc(Cl)cc3)c2Oc2ncn3nc(-c4cccnc4)nc3c21. The third kappa shape index (κ3) is 3.43. The van der Waals surface area contributed by atoms with Crippen molar-refractivity contribution in [2.24, 2.45) is 0 Å². The summed E-state index contributed by atoms with van der Waals surface area (Å²) < 4.78 is 15.7. The lowest BCUT2D eigenvalue weighted by atomic mass is 9.84. The first-order chi connectivity index (χ1) is 18.6. The van der Waals surface area contributed by atoms with Gasteiger partial charge in [-0.15, -0.1) is 5.10 Å². The number of rotatable bonds is 4. The van der Waals surface area contributed by atoms with Crippen LogP contribution in [0.4, 0.5) is 0 Å².